The Balaban J connectivity index is 1.47. The first-order valence-electron chi connectivity index (χ1n) is 9.65. The Morgan fingerprint density at radius 3 is 2.44 bits per heavy atom. The number of anilines is 1. The van der Waals surface area contributed by atoms with Crippen LogP contribution in [-0.2, 0) is 4.79 Å². The summed E-state index contributed by atoms with van der Waals surface area (Å²) in [7, 11) is 0. The predicted octanol–water partition coefficient (Wildman–Crippen LogP) is 3.15. The summed E-state index contributed by atoms with van der Waals surface area (Å²) < 4.78 is 6.79. The largest absolute Gasteiger partial charge is 0.465 e. The zero-order valence-electron chi connectivity index (χ0n) is 16.6. The molecule has 0 aliphatic rings. The molecular weight excluding hydrogens is 408 g/mol. The van der Waals surface area contributed by atoms with Crippen molar-refractivity contribution >= 4 is 23.4 Å². The summed E-state index contributed by atoms with van der Waals surface area (Å²) in [5, 5.41) is 23.0. The van der Waals surface area contributed by atoms with Crippen LogP contribution < -0.4 is 5.32 Å². The Labute approximate surface area is 181 Å². The molecule has 0 bridgehead atoms. The van der Waals surface area contributed by atoms with Gasteiger partial charge in [-0.25, -0.2) is 0 Å². The number of benzene rings is 2. The second-order valence-electron chi connectivity index (χ2n) is 6.64. The molecule has 3 aromatic heterocycles. The summed E-state index contributed by atoms with van der Waals surface area (Å²) in [5.74, 6) is 0.513. The maximum absolute atomic E-state index is 13.3. The van der Waals surface area contributed by atoms with Gasteiger partial charge >= 0.3 is 0 Å². The number of nitrogens with one attached hydrogen (secondary N) is 1. The van der Waals surface area contributed by atoms with E-state index in [0.717, 1.165) is 11.3 Å². The number of hydrogen-bond acceptors (Lipinski definition) is 7. The number of nitrogens with zero attached hydrogens (tertiary/aromatic N) is 7. The highest BCUT2D eigenvalue weighted by atomic mass is 16.3. The van der Waals surface area contributed by atoms with E-state index in [2.05, 4.69) is 31.0 Å². The number of hydrogen-bond donors (Lipinski definition) is 1. The molecule has 0 spiro atoms. The molecule has 0 saturated carbocycles. The molecule has 0 atom stereocenters. The van der Waals surface area contributed by atoms with Crippen LogP contribution in [0.1, 0.15) is 5.76 Å². The van der Waals surface area contributed by atoms with Crippen LogP contribution in [0, 0.1) is 0 Å². The molecule has 1 N–H and O–H groups in total. The minimum Gasteiger partial charge on any atom is -0.465 e. The molecule has 0 aliphatic carbocycles. The third-order valence-corrected chi connectivity index (χ3v) is 4.56. The Hall–Kier alpha value is -4.86. The minimum absolute atomic E-state index is 0.196. The molecule has 1 amide bonds. The molecular formula is C22H16N8O2. The number of aromatic nitrogens is 7. The second-order valence-corrected chi connectivity index (χ2v) is 6.64. The van der Waals surface area contributed by atoms with Crippen LogP contribution in [-0.4, -0.2) is 41.1 Å². The average Bonchev–Trinajstić information content (AvgIpc) is 3.61. The van der Waals surface area contributed by atoms with E-state index >= 15 is 0 Å². The van der Waals surface area contributed by atoms with Crippen LogP contribution >= 0.6 is 0 Å². The number of tetrazole rings is 1. The van der Waals surface area contributed by atoms with Gasteiger partial charge in [-0.3, -0.25) is 4.79 Å². The van der Waals surface area contributed by atoms with Crippen molar-refractivity contribution in [2.24, 2.45) is 0 Å². The zero-order valence-corrected chi connectivity index (χ0v) is 16.6. The van der Waals surface area contributed by atoms with Gasteiger partial charge in [0.25, 0.3) is 5.91 Å². The van der Waals surface area contributed by atoms with Crippen molar-refractivity contribution in [2.45, 2.75) is 0 Å². The first-order chi connectivity index (χ1) is 15.8. The van der Waals surface area contributed by atoms with Crippen molar-refractivity contribution in [1.29, 1.82) is 0 Å². The van der Waals surface area contributed by atoms with E-state index in [9.17, 15) is 4.79 Å². The number of amides is 1. The van der Waals surface area contributed by atoms with Crippen LogP contribution in [0.4, 0.5) is 5.69 Å². The molecule has 32 heavy (non-hydrogen) atoms. The molecule has 0 unspecified atom stereocenters. The molecule has 10 heteroatoms. The molecule has 5 rings (SSSR count). The Morgan fingerprint density at radius 1 is 0.938 bits per heavy atom. The van der Waals surface area contributed by atoms with Crippen molar-refractivity contribution in [2.75, 3.05) is 5.32 Å². The number of carbonyl (C=O) groups excluding carboxylic acids is 1. The molecule has 156 valence electrons. The predicted molar refractivity (Wildman–Crippen MR) is 116 cm³/mol. The van der Waals surface area contributed by atoms with Crippen LogP contribution in [0.2, 0.25) is 0 Å². The summed E-state index contributed by atoms with van der Waals surface area (Å²) in [5.41, 5.74) is 2.32. The maximum atomic E-state index is 13.3. The molecule has 3 heterocycles. The lowest BCUT2D eigenvalue weighted by molar-refractivity contribution is -0.111. The normalized spacial score (nSPS) is 11.4. The number of furan rings is 1. The summed E-state index contributed by atoms with van der Waals surface area (Å²) >= 11 is 0. The average molecular weight is 424 g/mol. The smallest absolute Gasteiger partial charge is 0.274 e. The monoisotopic (exact) mass is 424 g/mol. The Bertz CT molecular complexity index is 1340. The van der Waals surface area contributed by atoms with E-state index in [1.807, 2.05) is 30.3 Å². The highest BCUT2D eigenvalue weighted by Crippen LogP contribution is 2.22. The van der Waals surface area contributed by atoms with Crippen LogP contribution in [0.3, 0.4) is 0 Å². The zero-order chi connectivity index (χ0) is 21.8. The SMILES string of the molecule is O=C(Nc1ccc(-n2nccn2)cc1)/C(=C/c1ccco1)n1nnnc1-c1ccccc1. The molecule has 0 radical (unpaired) electrons. The standard InChI is InChI=1S/C22H16N8O2/c31-22(25-17-8-10-18(11-9-17)30-23-12-13-24-30)20(15-19-7-4-14-32-19)29-21(26-27-28-29)16-5-2-1-3-6-16/h1-15H,(H,25,31)/b20-15-. The van der Waals surface area contributed by atoms with Gasteiger partial charge in [0.15, 0.2) is 5.82 Å². The molecule has 0 aliphatic heterocycles. The van der Waals surface area contributed by atoms with Crippen LogP contribution in [0.25, 0.3) is 28.8 Å². The topological polar surface area (TPSA) is 117 Å². The highest BCUT2D eigenvalue weighted by Gasteiger charge is 2.20. The molecule has 0 saturated heterocycles. The summed E-state index contributed by atoms with van der Waals surface area (Å²) in [6.45, 7) is 0. The molecule has 2 aromatic carbocycles. The lowest BCUT2D eigenvalue weighted by atomic mass is 10.2. The molecule has 10 nitrogen and oxygen atoms in total. The van der Waals surface area contributed by atoms with Gasteiger partial charge in [0.05, 0.1) is 24.3 Å². The van der Waals surface area contributed by atoms with Crippen LogP contribution in [0.15, 0.2) is 89.8 Å². The van der Waals surface area contributed by atoms with Crippen LogP contribution in [0.5, 0.6) is 0 Å². The Kier molecular flexibility index (Phi) is 5.07. The maximum Gasteiger partial charge on any atom is 0.274 e. The van der Waals surface area contributed by atoms with E-state index in [0.29, 0.717) is 17.3 Å². The lowest BCUT2D eigenvalue weighted by Crippen LogP contribution is -2.19. The summed E-state index contributed by atoms with van der Waals surface area (Å²) in [6.07, 6.45) is 6.30. The lowest BCUT2D eigenvalue weighted by Gasteiger charge is -2.11. The van der Waals surface area contributed by atoms with Crippen molar-refractivity contribution in [3.8, 4) is 17.1 Å². The van der Waals surface area contributed by atoms with Gasteiger partial charge in [0.2, 0.25) is 0 Å². The quantitative estimate of drug-likeness (QED) is 0.416. The van der Waals surface area contributed by atoms with E-state index in [1.165, 1.54) is 15.7 Å². The number of rotatable bonds is 6. The fourth-order valence-electron chi connectivity index (χ4n) is 3.07. The first-order valence-corrected chi connectivity index (χ1v) is 9.65. The second kappa shape index (κ2) is 8.48. The van der Waals surface area contributed by atoms with Crippen molar-refractivity contribution in [3.05, 3.63) is 91.1 Å². The third kappa shape index (κ3) is 3.92. The van der Waals surface area contributed by atoms with Gasteiger partial charge in [0, 0.05) is 17.3 Å². The van der Waals surface area contributed by atoms with E-state index in [4.69, 9.17) is 4.42 Å². The van der Waals surface area contributed by atoms with Crippen molar-refractivity contribution in [1.82, 2.24) is 35.2 Å². The Morgan fingerprint density at radius 2 is 1.72 bits per heavy atom. The summed E-state index contributed by atoms with van der Waals surface area (Å²) in [4.78, 5) is 14.8. The van der Waals surface area contributed by atoms with Gasteiger partial charge in [-0.05, 0) is 46.8 Å². The van der Waals surface area contributed by atoms with E-state index in [1.54, 1.807) is 54.9 Å². The minimum atomic E-state index is -0.407. The third-order valence-electron chi connectivity index (χ3n) is 4.56. The van der Waals surface area contributed by atoms with Crippen molar-refractivity contribution < 1.29 is 9.21 Å². The summed E-state index contributed by atoms with van der Waals surface area (Å²) in [6, 6.07) is 20.0. The fourth-order valence-corrected chi connectivity index (χ4v) is 3.07. The molecule has 5 aromatic rings. The fraction of sp³-hybridized carbons (Fsp3) is 0. The highest BCUT2D eigenvalue weighted by molar-refractivity contribution is 6.24. The van der Waals surface area contributed by atoms with Gasteiger partial charge in [0.1, 0.15) is 11.5 Å². The van der Waals surface area contributed by atoms with Crippen molar-refractivity contribution in [3.63, 3.8) is 0 Å². The molecule has 0 fully saturated rings. The van der Waals surface area contributed by atoms with Gasteiger partial charge in [-0.1, -0.05) is 30.3 Å². The van der Waals surface area contributed by atoms with E-state index < -0.39 is 5.91 Å². The van der Waals surface area contributed by atoms with Gasteiger partial charge in [-0.15, -0.1) is 5.10 Å². The van der Waals surface area contributed by atoms with E-state index in [-0.39, 0.29) is 5.70 Å². The first kappa shape index (κ1) is 19.1. The van der Waals surface area contributed by atoms with Gasteiger partial charge in [-0.2, -0.15) is 19.7 Å². The number of carbonyl (C=O) groups is 1. The van der Waals surface area contributed by atoms with Gasteiger partial charge < -0.3 is 9.73 Å².